The lowest BCUT2D eigenvalue weighted by molar-refractivity contribution is 0.0205. The van der Waals surface area contributed by atoms with Crippen molar-refractivity contribution >= 4 is 30.2 Å². The molecule has 1 heterocycles. The lowest BCUT2D eigenvalue weighted by Crippen LogP contribution is -2.26. The van der Waals surface area contributed by atoms with E-state index in [1.54, 1.807) is 33.0 Å². The smallest absolute Gasteiger partial charge is 0.428 e. The first-order valence-corrected chi connectivity index (χ1v) is 10.9. The summed E-state index contributed by atoms with van der Waals surface area (Å²) in [7, 11) is -1.54. The number of pyridine rings is 1. The molecule has 21 heavy (non-hydrogen) atoms. The summed E-state index contributed by atoms with van der Waals surface area (Å²) in [6, 6.07) is 1.66. The zero-order valence-corrected chi connectivity index (χ0v) is 15.8. The summed E-state index contributed by atoms with van der Waals surface area (Å²) >= 11 is 3.30. The fourth-order valence-corrected chi connectivity index (χ4v) is 2.00. The SMILES string of the molecule is CC(C)(C)OC(=O)Oc1cc(Br)cnc1C#C[Si](C)(C)C. The fraction of sp³-hybridized carbons (Fsp3) is 0.467. The van der Waals surface area contributed by atoms with E-state index in [9.17, 15) is 4.79 Å². The van der Waals surface area contributed by atoms with Gasteiger partial charge in [0.05, 0.1) is 0 Å². The van der Waals surface area contributed by atoms with Crippen molar-refractivity contribution in [2.45, 2.75) is 46.0 Å². The van der Waals surface area contributed by atoms with Crippen LogP contribution in [0.4, 0.5) is 4.79 Å². The summed E-state index contributed by atoms with van der Waals surface area (Å²) in [6.07, 6.45) is 0.856. The predicted octanol–water partition coefficient (Wildman–Crippen LogP) is 4.39. The van der Waals surface area contributed by atoms with Crippen LogP contribution in [0.1, 0.15) is 26.5 Å². The topological polar surface area (TPSA) is 48.4 Å². The molecule has 0 N–H and O–H groups in total. The van der Waals surface area contributed by atoms with Gasteiger partial charge in [0, 0.05) is 10.7 Å². The van der Waals surface area contributed by atoms with Gasteiger partial charge in [-0.3, -0.25) is 0 Å². The molecule has 0 unspecified atom stereocenters. The van der Waals surface area contributed by atoms with Crippen LogP contribution in [0.2, 0.25) is 19.6 Å². The van der Waals surface area contributed by atoms with Gasteiger partial charge in [-0.25, -0.2) is 9.78 Å². The van der Waals surface area contributed by atoms with E-state index in [-0.39, 0.29) is 0 Å². The van der Waals surface area contributed by atoms with Crippen LogP contribution >= 0.6 is 15.9 Å². The van der Waals surface area contributed by atoms with Crippen molar-refractivity contribution in [1.29, 1.82) is 0 Å². The maximum absolute atomic E-state index is 11.8. The molecule has 1 rings (SSSR count). The third-order valence-electron chi connectivity index (χ3n) is 1.96. The second-order valence-corrected chi connectivity index (χ2v) is 12.2. The Morgan fingerprint density at radius 2 is 1.95 bits per heavy atom. The zero-order chi connectivity index (χ0) is 16.3. The van der Waals surface area contributed by atoms with Gasteiger partial charge in [-0.05, 0) is 42.8 Å². The van der Waals surface area contributed by atoms with Crippen LogP contribution in [0.3, 0.4) is 0 Å². The van der Waals surface area contributed by atoms with Gasteiger partial charge in [-0.15, -0.1) is 5.54 Å². The predicted molar refractivity (Wildman–Crippen MR) is 89.0 cm³/mol. The standard InChI is InChI=1S/C15H20BrNO3Si/c1-15(2,3)20-14(18)19-13-9-11(16)10-17-12(13)7-8-21(4,5)6/h9-10H,1-6H3. The summed E-state index contributed by atoms with van der Waals surface area (Å²) in [6.45, 7) is 11.7. The fourth-order valence-electron chi connectivity index (χ4n) is 1.20. The van der Waals surface area contributed by atoms with Crippen LogP contribution in [0.5, 0.6) is 5.75 Å². The Hall–Kier alpha value is -1.32. The van der Waals surface area contributed by atoms with E-state index in [0.717, 1.165) is 0 Å². The Morgan fingerprint density at radius 3 is 2.48 bits per heavy atom. The molecule has 0 aliphatic rings. The summed E-state index contributed by atoms with van der Waals surface area (Å²) in [5.41, 5.74) is 3.02. The van der Waals surface area contributed by atoms with E-state index in [1.165, 1.54) is 0 Å². The first kappa shape index (κ1) is 17.7. The Kier molecular flexibility index (Phi) is 5.59. The largest absolute Gasteiger partial charge is 0.514 e. The average Bonchev–Trinajstić information content (AvgIpc) is 2.23. The average molecular weight is 370 g/mol. The van der Waals surface area contributed by atoms with Crippen molar-refractivity contribution < 1.29 is 14.3 Å². The minimum absolute atomic E-state index is 0.296. The van der Waals surface area contributed by atoms with Crippen LogP contribution in [-0.2, 0) is 4.74 Å². The van der Waals surface area contributed by atoms with Gasteiger partial charge in [-0.2, -0.15) is 0 Å². The van der Waals surface area contributed by atoms with Crippen LogP contribution in [0.15, 0.2) is 16.7 Å². The van der Waals surface area contributed by atoms with Gasteiger partial charge in [0.15, 0.2) is 11.4 Å². The van der Waals surface area contributed by atoms with Gasteiger partial charge in [0.1, 0.15) is 13.7 Å². The van der Waals surface area contributed by atoms with Gasteiger partial charge >= 0.3 is 6.16 Å². The van der Waals surface area contributed by atoms with Crippen molar-refractivity contribution in [3.63, 3.8) is 0 Å². The Labute approximate surface area is 135 Å². The number of nitrogens with zero attached hydrogens (tertiary/aromatic N) is 1. The van der Waals surface area contributed by atoms with E-state index >= 15 is 0 Å². The summed E-state index contributed by atoms with van der Waals surface area (Å²) < 4.78 is 11.1. The molecule has 0 atom stereocenters. The highest BCUT2D eigenvalue weighted by atomic mass is 79.9. The van der Waals surface area contributed by atoms with E-state index < -0.39 is 19.8 Å². The molecule has 0 saturated carbocycles. The summed E-state index contributed by atoms with van der Waals surface area (Å²) in [4.78, 5) is 16.0. The number of rotatable bonds is 1. The third kappa shape index (κ3) is 7.30. The monoisotopic (exact) mass is 369 g/mol. The van der Waals surface area contributed by atoms with Crippen molar-refractivity contribution in [2.75, 3.05) is 0 Å². The van der Waals surface area contributed by atoms with Crippen LogP contribution in [-0.4, -0.2) is 24.8 Å². The Bertz CT molecular complexity index is 592. The minimum Gasteiger partial charge on any atom is -0.428 e. The van der Waals surface area contributed by atoms with Crippen molar-refractivity contribution in [3.05, 3.63) is 22.4 Å². The van der Waals surface area contributed by atoms with Crippen molar-refractivity contribution in [1.82, 2.24) is 4.98 Å². The van der Waals surface area contributed by atoms with Gasteiger partial charge in [-0.1, -0.05) is 25.6 Å². The molecule has 1 aromatic heterocycles. The molecular weight excluding hydrogens is 350 g/mol. The molecule has 0 fully saturated rings. The molecular formula is C15H20BrNO3Si. The molecule has 0 amide bonds. The van der Waals surface area contributed by atoms with Crippen LogP contribution in [0, 0.1) is 11.5 Å². The molecule has 0 aliphatic carbocycles. The molecule has 114 valence electrons. The normalized spacial score (nSPS) is 11.4. The van der Waals surface area contributed by atoms with Crippen LogP contribution in [0.25, 0.3) is 0 Å². The van der Waals surface area contributed by atoms with Crippen molar-refractivity contribution in [2.24, 2.45) is 0 Å². The number of ether oxygens (including phenoxy) is 2. The molecule has 6 heteroatoms. The van der Waals surface area contributed by atoms with E-state index in [0.29, 0.717) is 15.9 Å². The molecule has 0 spiro atoms. The number of carbonyl (C=O) groups excluding carboxylic acids is 1. The molecule has 0 saturated heterocycles. The van der Waals surface area contributed by atoms with Gasteiger partial charge < -0.3 is 9.47 Å². The quantitative estimate of drug-likeness (QED) is 0.418. The highest BCUT2D eigenvalue weighted by molar-refractivity contribution is 9.10. The minimum atomic E-state index is -1.54. The zero-order valence-electron chi connectivity index (χ0n) is 13.2. The number of hydrogen-bond acceptors (Lipinski definition) is 4. The molecule has 0 aromatic carbocycles. The Morgan fingerprint density at radius 1 is 1.33 bits per heavy atom. The third-order valence-corrected chi connectivity index (χ3v) is 3.27. The number of carbonyl (C=O) groups is 1. The lowest BCUT2D eigenvalue weighted by Gasteiger charge is -2.18. The maximum atomic E-state index is 11.8. The van der Waals surface area contributed by atoms with Gasteiger partial charge in [0.2, 0.25) is 0 Å². The van der Waals surface area contributed by atoms with Crippen molar-refractivity contribution in [3.8, 4) is 17.2 Å². The highest BCUT2D eigenvalue weighted by Crippen LogP contribution is 2.22. The van der Waals surface area contributed by atoms with Crippen LogP contribution < -0.4 is 4.74 Å². The molecule has 0 radical (unpaired) electrons. The first-order valence-electron chi connectivity index (χ1n) is 6.56. The van der Waals surface area contributed by atoms with Gasteiger partial charge in [0.25, 0.3) is 0 Å². The number of halogens is 1. The molecule has 4 nitrogen and oxygen atoms in total. The first-order chi connectivity index (χ1) is 9.46. The van der Waals surface area contributed by atoms with E-state index in [2.05, 4.69) is 52.0 Å². The summed E-state index contributed by atoms with van der Waals surface area (Å²) in [5, 5.41) is 0. The Balaban J connectivity index is 3.02. The lowest BCUT2D eigenvalue weighted by atomic mass is 10.2. The maximum Gasteiger partial charge on any atom is 0.514 e. The molecule has 1 aromatic rings. The number of aromatic nitrogens is 1. The second-order valence-electron chi connectivity index (χ2n) is 6.57. The highest BCUT2D eigenvalue weighted by Gasteiger charge is 2.19. The van der Waals surface area contributed by atoms with E-state index in [1.807, 2.05) is 0 Å². The molecule has 0 aliphatic heterocycles. The second kappa shape index (κ2) is 6.63. The molecule has 0 bridgehead atoms. The number of hydrogen-bond donors (Lipinski definition) is 0. The van der Waals surface area contributed by atoms with E-state index in [4.69, 9.17) is 9.47 Å². The summed E-state index contributed by atoms with van der Waals surface area (Å²) in [5.74, 6) is 3.29.